The molecule has 0 spiro atoms. The Morgan fingerprint density at radius 2 is 2.18 bits per heavy atom. The lowest BCUT2D eigenvalue weighted by Crippen LogP contribution is -1.87. The van der Waals surface area contributed by atoms with Crippen molar-refractivity contribution in [2.75, 3.05) is 5.73 Å². The number of hydrogen-bond donors (Lipinski definition) is 1. The summed E-state index contributed by atoms with van der Waals surface area (Å²) in [6.45, 7) is 5.69. The van der Waals surface area contributed by atoms with Gasteiger partial charge in [0.25, 0.3) is 0 Å². The minimum Gasteiger partial charge on any atom is -0.399 e. The fraction of sp³-hybridized carbons (Fsp3) is 0.111. The second-order valence-corrected chi connectivity index (χ2v) is 2.93. The van der Waals surface area contributed by atoms with Gasteiger partial charge < -0.3 is 5.73 Å². The van der Waals surface area contributed by atoms with Gasteiger partial charge in [0.2, 0.25) is 0 Å². The number of anilines is 1. The van der Waals surface area contributed by atoms with Crippen molar-refractivity contribution in [3.8, 4) is 0 Å². The van der Waals surface area contributed by atoms with E-state index in [2.05, 4.69) is 6.58 Å². The molecule has 0 saturated heterocycles. The number of benzene rings is 1. The fourth-order valence-corrected chi connectivity index (χ4v) is 1.15. The van der Waals surface area contributed by atoms with Crippen LogP contribution in [0.5, 0.6) is 0 Å². The summed E-state index contributed by atoms with van der Waals surface area (Å²) < 4.78 is 0. The maximum Gasteiger partial charge on any atom is 0.0482 e. The molecule has 0 atom stereocenters. The third kappa shape index (κ3) is 1.75. The zero-order valence-electron chi connectivity index (χ0n) is 6.39. The first-order valence-corrected chi connectivity index (χ1v) is 3.70. The molecule has 2 N–H and O–H groups in total. The van der Waals surface area contributed by atoms with Gasteiger partial charge in [-0.15, -0.1) is 0 Å². The monoisotopic (exact) mass is 167 g/mol. The third-order valence-corrected chi connectivity index (χ3v) is 1.78. The third-order valence-electron chi connectivity index (χ3n) is 1.45. The molecule has 2 heteroatoms. The van der Waals surface area contributed by atoms with E-state index in [1.807, 2.05) is 13.0 Å². The number of nitrogens with two attached hydrogens (primary N) is 1. The predicted molar refractivity (Wildman–Crippen MR) is 50.6 cm³/mol. The van der Waals surface area contributed by atoms with Crippen LogP contribution in [0.3, 0.4) is 0 Å². The molecular weight excluding hydrogens is 158 g/mol. The van der Waals surface area contributed by atoms with Crippen LogP contribution in [0.4, 0.5) is 5.69 Å². The Morgan fingerprint density at radius 3 is 2.64 bits per heavy atom. The molecule has 0 saturated carbocycles. The van der Waals surface area contributed by atoms with Crippen molar-refractivity contribution in [1.29, 1.82) is 0 Å². The number of allylic oxidation sites excluding steroid dienone is 1. The molecule has 0 unspecified atom stereocenters. The molecule has 0 aliphatic rings. The summed E-state index contributed by atoms with van der Waals surface area (Å²) in [6, 6.07) is 5.38. The minimum absolute atomic E-state index is 0.701. The second-order valence-electron chi connectivity index (χ2n) is 2.52. The van der Waals surface area contributed by atoms with Crippen LogP contribution in [-0.2, 0) is 0 Å². The van der Waals surface area contributed by atoms with Crippen molar-refractivity contribution in [2.45, 2.75) is 6.92 Å². The van der Waals surface area contributed by atoms with Gasteiger partial charge in [-0.25, -0.2) is 0 Å². The van der Waals surface area contributed by atoms with Crippen LogP contribution in [0.15, 0.2) is 24.8 Å². The lowest BCUT2D eigenvalue weighted by Gasteiger charge is -2.03. The maximum absolute atomic E-state index is 5.87. The molecule has 0 amide bonds. The summed E-state index contributed by atoms with van der Waals surface area (Å²) in [5.74, 6) is 0. The van der Waals surface area contributed by atoms with Gasteiger partial charge >= 0.3 is 0 Å². The molecule has 0 aliphatic carbocycles. The molecule has 11 heavy (non-hydrogen) atoms. The van der Waals surface area contributed by atoms with Crippen LogP contribution in [0.2, 0.25) is 5.02 Å². The largest absolute Gasteiger partial charge is 0.399 e. The van der Waals surface area contributed by atoms with Crippen molar-refractivity contribution < 1.29 is 0 Å². The van der Waals surface area contributed by atoms with Gasteiger partial charge in [0.15, 0.2) is 0 Å². The summed E-state index contributed by atoms with van der Waals surface area (Å²) in [7, 11) is 0. The SMILES string of the molecule is C=C(C)c1cc(N)ccc1Cl. The summed E-state index contributed by atoms with van der Waals surface area (Å²) >= 11 is 5.87. The van der Waals surface area contributed by atoms with E-state index in [1.165, 1.54) is 0 Å². The van der Waals surface area contributed by atoms with Crippen molar-refractivity contribution >= 4 is 22.9 Å². The van der Waals surface area contributed by atoms with Crippen molar-refractivity contribution in [2.24, 2.45) is 0 Å². The predicted octanol–water partition coefficient (Wildman–Crippen LogP) is 2.96. The van der Waals surface area contributed by atoms with Gasteiger partial charge in [-0.1, -0.05) is 18.2 Å². The molecule has 1 aromatic rings. The first-order chi connectivity index (χ1) is 5.11. The number of nitrogen functional groups attached to an aromatic ring is 1. The molecule has 1 rings (SSSR count). The second kappa shape index (κ2) is 2.97. The smallest absolute Gasteiger partial charge is 0.0482 e. The molecular formula is C9H10ClN. The van der Waals surface area contributed by atoms with Gasteiger partial charge in [0.1, 0.15) is 0 Å². The summed E-state index contributed by atoms with van der Waals surface area (Å²) in [6.07, 6.45) is 0. The highest BCUT2D eigenvalue weighted by Crippen LogP contribution is 2.24. The standard InChI is InChI=1S/C9H10ClN/c1-6(2)8-5-7(11)3-4-9(8)10/h3-5H,1,11H2,2H3. The highest BCUT2D eigenvalue weighted by Gasteiger charge is 1.99. The molecule has 0 fully saturated rings. The van der Waals surface area contributed by atoms with Gasteiger partial charge in [0.05, 0.1) is 0 Å². The van der Waals surface area contributed by atoms with Crippen molar-refractivity contribution in [3.63, 3.8) is 0 Å². The number of hydrogen-bond acceptors (Lipinski definition) is 1. The van der Waals surface area contributed by atoms with Gasteiger partial charge in [-0.05, 0) is 36.3 Å². The zero-order chi connectivity index (χ0) is 8.43. The summed E-state index contributed by atoms with van der Waals surface area (Å²) in [4.78, 5) is 0. The van der Waals surface area contributed by atoms with E-state index in [0.717, 1.165) is 11.1 Å². The van der Waals surface area contributed by atoms with E-state index in [-0.39, 0.29) is 0 Å². The molecule has 0 heterocycles. The Hall–Kier alpha value is -0.950. The van der Waals surface area contributed by atoms with Crippen LogP contribution in [-0.4, -0.2) is 0 Å². The Morgan fingerprint density at radius 1 is 1.55 bits per heavy atom. The first-order valence-electron chi connectivity index (χ1n) is 3.32. The van der Waals surface area contributed by atoms with Gasteiger partial charge in [0, 0.05) is 10.7 Å². The lowest BCUT2D eigenvalue weighted by atomic mass is 10.1. The van der Waals surface area contributed by atoms with E-state index in [4.69, 9.17) is 17.3 Å². The molecule has 0 bridgehead atoms. The minimum atomic E-state index is 0.701. The van der Waals surface area contributed by atoms with Crippen LogP contribution in [0, 0.1) is 0 Å². The van der Waals surface area contributed by atoms with Crippen molar-refractivity contribution in [1.82, 2.24) is 0 Å². The quantitative estimate of drug-likeness (QED) is 0.640. The van der Waals surface area contributed by atoms with Crippen LogP contribution in [0.25, 0.3) is 5.57 Å². The molecule has 1 aromatic carbocycles. The number of halogens is 1. The molecule has 0 aromatic heterocycles. The first kappa shape index (κ1) is 8.15. The van der Waals surface area contributed by atoms with E-state index >= 15 is 0 Å². The maximum atomic E-state index is 5.87. The van der Waals surface area contributed by atoms with Gasteiger partial charge in [-0.3, -0.25) is 0 Å². The number of rotatable bonds is 1. The van der Waals surface area contributed by atoms with Crippen LogP contribution < -0.4 is 5.73 Å². The van der Waals surface area contributed by atoms with Crippen molar-refractivity contribution in [3.05, 3.63) is 35.4 Å². The normalized spacial score (nSPS) is 9.64. The van der Waals surface area contributed by atoms with E-state index in [9.17, 15) is 0 Å². The molecule has 58 valence electrons. The zero-order valence-corrected chi connectivity index (χ0v) is 7.15. The average molecular weight is 168 g/mol. The van der Waals surface area contributed by atoms with Crippen LogP contribution in [0.1, 0.15) is 12.5 Å². The molecule has 0 aliphatic heterocycles. The Labute approximate surface area is 71.5 Å². The molecule has 1 nitrogen and oxygen atoms in total. The Bertz CT molecular complexity index is 292. The molecule has 0 radical (unpaired) electrons. The fourth-order valence-electron chi connectivity index (χ4n) is 0.870. The average Bonchev–Trinajstić information content (AvgIpc) is 1.94. The van der Waals surface area contributed by atoms with E-state index in [0.29, 0.717) is 10.7 Å². The highest BCUT2D eigenvalue weighted by atomic mass is 35.5. The van der Waals surface area contributed by atoms with E-state index in [1.54, 1.807) is 12.1 Å². The van der Waals surface area contributed by atoms with E-state index < -0.39 is 0 Å². The topological polar surface area (TPSA) is 26.0 Å². The summed E-state index contributed by atoms with van der Waals surface area (Å²) in [5, 5.41) is 0.701. The Balaban J connectivity index is 3.23. The van der Waals surface area contributed by atoms with Gasteiger partial charge in [-0.2, -0.15) is 0 Å². The summed E-state index contributed by atoms with van der Waals surface area (Å²) in [5.41, 5.74) is 8.14. The Kier molecular flexibility index (Phi) is 2.20. The highest BCUT2D eigenvalue weighted by molar-refractivity contribution is 6.32. The lowest BCUT2D eigenvalue weighted by molar-refractivity contribution is 1.57. The van der Waals surface area contributed by atoms with Crippen LogP contribution >= 0.6 is 11.6 Å².